The van der Waals surface area contributed by atoms with Gasteiger partial charge in [0.05, 0.1) is 0 Å². The Morgan fingerprint density at radius 2 is 1.42 bits per heavy atom. The van der Waals surface area contributed by atoms with Crippen LogP contribution in [0.5, 0.6) is 0 Å². The van der Waals surface area contributed by atoms with Gasteiger partial charge in [-0.3, -0.25) is 4.79 Å². The summed E-state index contributed by atoms with van der Waals surface area (Å²) in [6, 6.07) is 16.1. The summed E-state index contributed by atoms with van der Waals surface area (Å²) in [4.78, 5) is 11.0. The van der Waals surface area contributed by atoms with Crippen LogP contribution in [0, 0.1) is 6.92 Å². The van der Waals surface area contributed by atoms with Gasteiger partial charge >= 0.3 is 0 Å². The van der Waals surface area contributed by atoms with Crippen molar-refractivity contribution in [2.75, 3.05) is 0 Å². The monoisotopic (exact) mass is 271 g/mol. The molecular weight excluding hydrogens is 254 g/mol. The Bertz CT molecular complexity index is 546. The summed E-state index contributed by atoms with van der Waals surface area (Å²) >= 11 is 1.86. The van der Waals surface area contributed by atoms with Crippen LogP contribution < -0.4 is 5.73 Å². The molecule has 0 saturated carbocycles. The number of primary amides is 1. The zero-order chi connectivity index (χ0) is 13.7. The molecule has 98 valence electrons. The van der Waals surface area contributed by atoms with Crippen LogP contribution in [0.1, 0.15) is 27.0 Å². The number of thioether (sulfide) groups is 1. The lowest BCUT2D eigenvalue weighted by Crippen LogP contribution is -2.10. The van der Waals surface area contributed by atoms with Crippen LogP contribution in [-0.4, -0.2) is 5.91 Å². The molecule has 0 aromatic heterocycles. The van der Waals surface area contributed by atoms with Crippen LogP contribution in [0.25, 0.3) is 0 Å². The highest BCUT2D eigenvalue weighted by molar-refractivity contribution is 7.97. The second-order valence-corrected chi connectivity index (χ2v) is 5.53. The maximum Gasteiger partial charge on any atom is 0.248 e. The maximum atomic E-state index is 11.0. The Balaban J connectivity index is 1.85. The normalized spacial score (nSPS) is 10.4. The average Bonchev–Trinajstić information content (AvgIpc) is 2.41. The van der Waals surface area contributed by atoms with Crippen molar-refractivity contribution in [1.82, 2.24) is 0 Å². The smallest absolute Gasteiger partial charge is 0.248 e. The van der Waals surface area contributed by atoms with E-state index in [1.807, 2.05) is 23.9 Å². The fourth-order valence-electron chi connectivity index (χ4n) is 1.74. The Hall–Kier alpha value is -1.74. The van der Waals surface area contributed by atoms with Crippen molar-refractivity contribution in [2.45, 2.75) is 18.4 Å². The standard InChI is InChI=1S/C16H17NOS/c1-12-2-4-13(5-3-12)10-19-11-14-6-8-15(9-7-14)16(17)18/h2-9H,10-11H2,1H3,(H2,17,18). The third-order valence-corrected chi connectivity index (χ3v) is 3.97. The minimum Gasteiger partial charge on any atom is -0.366 e. The Labute approximate surface area is 118 Å². The van der Waals surface area contributed by atoms with Gasteiger partial charge < -0.3 is 5.73 Å². The van der Waals surface area contributed by atoms with Gasteiger partial charge in [-0.2, -0.15) is 11.8 Å². The highest BCUT2D eigenvalue weighted by atomic mass is 32.2. The summed E-state index contributed by atoms with van der Waals surface area (Å²) in [5.41, 5.74) is 9.61. The molecule has 2 rings (SSSR count). The lowest BCUT2D eigenvalue weighted by atomic mass is 10.1. The summed E-state index contributed by atoms with van der Waals surface area (Å²) in [5, 5.41) is 0. The molecule has 0 aliphatic rings. The number of hydrogen-bond donors (Lipinski definition) is 1. The fourth-order valence-corrected chi connectivity index (χ4v) is 2.69. The molecule has 2 aromatic carbocycles. The van der Waals surface area contributed by atoms with Gasteiger partial charge in [0.2, 0.25) is 5.91 Å². The van der Waals surface area contributed by atoms with E-state index in [9.17, 15) is 4.79 Å². The molecule has 0 fully saturated rings. The Morgan fingerprint density at radius 1 is 0.947 bits per heavy atom. The van der Waals surface area contributed by atoms with E-state index in [0.717, 1.165) is 11.5 Å². The number of nitrogens with two attached hydrogens (primary N) is 1. The molecule has 2 N–H and O–H groups in total. The third-order valence-electron chi connectivity index (χ3n) is 2.90. The van der Waals surface area contributed by atoms with Gasteiger partial charge in [-0.1, -0.05) is 42.0 Å². The van der Waals surface area contributed by atoms with Crippen LogP contribution in [0.3, 0.4) is 0 Å². The third kappa shape index (κ3) is 4.14. The first-order valence-corrected chi connectivity index (χ1v) is 7.32. The van der Waals surface area contributed by atoms with Crippen molar-refractivity contribution in [3.63, 3.8) is 0 Å². The molecule has 0 saturated heterocycles. The van der Waals surface area contributed by atoms with Gasteiger partial charge in [-0.25, -0.2) is 0 Å². The number of aryl methyl sites for hydroxylation is 1. The van der Waals surface area contributed by atoms with E-state index in [1.54, 1.807) is 12.1 Å². The van der Waals surface area contributed by atoms with Gasteiger partial charge in [0, 0.05) is 17.1 Å². The lowest BCUT2D eigenvalue weighted by molar-refractivity contribution is 0.100. The number of rotatable bonds is 5. The van der Waals surface area contributed by atoms with Crippen molar-refractivity contribution in [2.24, 2.45) is 5.73 Å². The Morgan fingerprint density at radius 3 is 1.89 bits per heavy atom. The van der Waals surface area contributed by atoms with E-state index in [0.29, 0.717) is 5.56 Å². The first-order chi connectivity index (χ1) is 9.15. The van der Waals surface area contributed by atoms with Crippen LogP contribution in [-0.2, 0) is 11.5 Å². The Kier molecular flexibility index (Phi) is 4.63. The van der Waals surface area contributed by atoms with E-state index in [-0.39, 0.29) is 5.91 Å². The number of amides is 1. The molecule has 0 spiro atoms. The summed E-state index contributed by atoms with van der Waals surface area (Å²) in [6.07, 6.45) is 0. The zero-order valence-corrected chi connectivity index (χ0v) is 11.7. The molecule has 0 heterocycles. The largest absolute Gasteiger partial charge is 0.366 e. The number of benzene rings is 2. The molecule has 2 nitrogen and oxygen atoms in total. The zero-order valence-electron chi connectivity index (χ0n) is 10.9. The van der Waals surface area contributed by atoms with Gasteiger partial charge in [-0.15, -0.1) is 0 Å². The van der Waals surface area contributed by atoms with Crippen LogP contribution >= 0.6 is 11.8 Å². The first kappa shape index (κ1) is 13.7. The molecule has 1 amide bonds. The van der Waals surface area contributed by atoms with Crippen molar-refractivity contribution in [3.05, 3.63) is 70.8 Å². The van der Waals surface area contributed by atoms with Gasteiger partial charge in [0.1, 0.15) is 0 Å². The van der Waals surface area contributed by atoms with Gasteiger partial charge in [0.25, 0.3) is 0 Å². The minimum atomic E-state index is -0.376. The highest BCUT2D eigenvalue weighted by Crippen LogP contribution is 2.18. The quantitative estimate of drug-likeness (QED) is 0.904. The molecular formula is C16H17NOS. The maximum absolute atomic E-state index is 11.0. The predicted molar refractivity (Wildman–Crippen MR) is 81.1 cm³/mol. The molecule has 0 bridgehead atoms. The van der Waals surface area contributed by atoms with E-state index < -0.39 is 0 Å². The van der Waals surface area contributed by atoms with E-state index >= 15 is 0 Å². The van der Waals surface area contributed by atoms with E-state index in [4.69, 9.17) is 5.73 Å². The number of carbonyl (C=O) groups excluding carboxylic acids is 1. The first-order valence-electron chi connectivity index (χ1n) is 6.17. The molecule has 0 aliphatic carbocycles. The molecule has 0 radical (unpaired) electrons. The summed E-state index contributed by atoms with van der Waals surface area (Å²) < 4.78 is 0. The SMILES string of the molecule is Cc1ccc(CSCc2ccc(C(N)=O)cc2)cc1. The molecule has 0 atom stereocenters. The fraction of sp³-hybridized carbons (Fsp3) is 0.188. The molecule has 2 aromatic rings. The highest BCUT2D eigenvalue weighted by Gasteiger charge is 2.00. The molecule has 0 aliphatic heterocycles. The number of carbonyl (C=O) groups is 1. The van der Waals surface area contributed by atoms with E-state index in [1.165, 1.54) is 16.7 Å². The summed E-state index contributed by atoms with van der Waals surface area (Å²) in [5.74, 6) is 1.56. The topological polar surface area (TPSA) is 43.1 Å². The van der Waals surface area contributed by atoms with Crippen LogP contribution in [0.4, 0.5) is 0 Å². The second kappa shape index (κ2) is 6.43. The predicted octanol–water partition coefficient (Wildman–Crippen LogP) is 3.53. The van der Waals surface area contributed by atoms with E-state index in [2.05, 4.69) is 31.2 Å². The second-order valence-electron chi connectivity index (χ2n) is 4.54. The van der Waals surface area contributed by atoms with Crippen molar-refractivity contribution in [3.8, 4) is 0 Å². The summed E-state index contributed by atoms with van der Waals surface area (Å²) in [7, 11) is 0. The van der Waals surface area contributed by atoms with Gasteiger partial charge in [-0.05, 0) is 30.2 Å². The minimum absolute atomic E-state index is 0.376. The van der Waals surface area contributed by atoms with Gasteiger partial charge in [0.15, 0.2) is 0 Å². The van der Waals surface area contributed by atoms with Crippen molar-refractivity contribution >= 4 is 17.7 Å². The van der Waals surface area contributed by atoms with Crippen LogP contribution in [0.15, 0.2) is 48.5 Å². The average molecular weight is 271 g/mol. The summed E-state index contributed by atoms with van der Waals surface area (Å²) in [6.45, 7) is 2.09. The van der Waals surface area contributed by atoms with Crippen LogP contribution in [0.2, 0.25) is 0 Å². The lowest BCUT2D eigenvalue weighted by Gasteiger charge is -2.04. The van der Waals surface area contributed by atoms with Crippen molar-refractivity contribution < 1.29 is 4.79 Å². The molecule has 3 heteroatoms. The number of hydrogen-bond acceptors (Lipinski definition) is 2. The molecule has 19 heavy (non-hydrogen) atoms. The molecule has 0 unspecified atom stereocenters. The van der Waals surface area contributed by atoms with Crippen molar-refractivity contribution in [1.29, 1.82) is 0 Å².